The first-order valence-electron chi connectivity index (χ1n) is 6.19. The number of nitrogens with zero attached hydrogens (tertiary/aromatic N) is 2. The third kappa shape index (κ3) is 3.64. The zero-order chi connectivity index (χ0) is 14.5. The normalized spacial score (nSPS) is 10.4. The van der Waals surface area contributed by atoms with Crippen molar-refractivity contribution in [1.29, 1.82) is 0 Å². The van der Waals surface area contributed by atoms with Gasteiger partial charge in [-0.3, -0.25) is 0 Å². The van der Waals surface area contributed by atoms with Crippen molar-refractivity contribution in [3.05, 3.63) is 40.4 Å². The monoisotopic (exact) mass is 339 g/mol. The molecule has 0 aliphatic carbocycles. The van der Waals surface area contributed by atoms with Gasteiger partial charge in [-0.2, -0.15) is 0 Å². The molecule has 20 heavy (non-hydrogen) atoms. The lowest BCUT2D eigenvalue weighted by molar-refractivity contribution is 0.631. The topological polar surface area (TPSA) is 75.9 Å². The Balaban J connectivity index is 2.29. The molecule has 0 aliphatic rings. The number of anilines is 3. The molecule has 4 N–H and O–H groups in total. The Bertz CT molecular complexity index is 605. The van der Waals surface area contributed by atoms with Crippen LogP contribution in [0.1, 0.15) is 19.2 Å². The highest BCUT2D eigenvalue weighted by Crippen LogP contribution is 2.23. The van der Waals surface area contributed by atoms with Crippen molar-refractivity contribution in [2.75, 3.05) is 10.7 Å². The summed E-state index contributed by atoms with van der Waals surface area (Å²) in [5, 5.41) is 2.93. The second-order valence-corrected chi connectivity index (χ2v) is 5.11. The molecule has 0 amide bonds. The SMILES string of the molecule is CCCc1nc(NN)cc(Nc2ccc(Br)cc2F)n1. The van der Waals surface area contributed by atoms with E-state index in [1.165, 1.54) is 6.07 Å². The first-order chi connectivity index (χ1) is 9.62. The molecule has 2 aromatic rings. The molecule has 1 heterocycles. The number of hydrogen-bond acceptors (Lipinski definition) is 5. The van der Waals surface area contributed by atoms with E-state index in [-0.39, 0.29) is 5.82 Å². The lowest BCUT2D eigenvalue weighted by Gasteiger charge is -2.10. The van der Waals surface area contributed by atoms with Crippen molar-refractivity contribution < 1.29 is 4.39 Å². The van der Waals surface area contributed by atoms with Gasteiger partial charge in [0.25, 0.3) is 0 Å². The van der Waals surface area contributed by atoms with Crippen LogP contribution in [-0.2, 0) is 6.42 Å². The summed E-state index contributed by atoms with van der Waals surface area (Å²) in [4.78, 5) is 8.57. The van der Waals surface area contributed by atoms with Gasteiger partial charge < -0.3 is 10.7 Å². The van der Waals surface area contributed by atoms with Crippen LogP contribution in [0.25, 0.3) is 0 Å². The summed E-state index contributed by atoms with van der Waals surface area (Å²) in [6.07, 6.45) is 1.65. The van der Waals surface area contributed by atoms with Crippen LogP contribution in [0.15, 0.2) is 28.7 Å². The minimum atomic E-state index is -0.364. The van der Waals surface area contributed by atoms with Crippen molar-refractivity contribution in [3.63, 3.8) is 0 Å². The number of nitrogen functional groups attached to an aromatic ring is 1. The number of hydrogen-bond donors (Lipinski definition) is 3. The Morgan fingerprint density at radius 1 is 1.25 bits per heavy atom. The molecular weight excluding hydrogens is 325 g/mol. The zero-order valence-electron chi connectivity index (χ0n) is 11.0. The van der Waals surface area contributed by atoms with Gasteiger partial charge in [0.2, 0.25) is 0 Å². The van der Waals surface area contributed by atoms with Gasteiger partial charge in [0.05, 0.1) is 5.69 Å². The molecular formula is C13H15BrFN5. The molecule has 0 bridgehead atoms. The summed E-state index contributed by atoms with van der Waals surface area (Å²) in [6, 6.07) is 6.40. The number of nitrogens with two attached hydrogens (primary N) is 1. The largest absolute Gasteiger partial charge is 0.338 e. The number of benzene rings is 1. The highest BCUT2D eigenvalue weighted by Gasteiger charge is 2.07. The third-order valence-electron chi connectivity index (χ3n) is 2.59. The van der Waals surface area contributed by atoms with Gasteiger partial charge in [0.1, 0.15) is 23.3 Å². The zero-order valence-corrected chi connectivity index (χ0v) is 12.5. The summed E-state index contributed by atoms with van der Waals surface area (Å²) < 4.78 is 14.5. The molecule has 0 saturated carbocycles. The molecule has 0 atom stereocenters. The third-order valence-corrected chi connectivity index (χ3v) is 3.08. The fourth-order valence-electron chi connectivity index (χ4n) is 1.70. The highest BCUT2D eigenvalue weighted by atomic mass is 79.9. The molecule has 0 spiro atoms. The smallest absolute Gasteiger partial charge is 0.147 e. The lowest BCUT2D eigenvalue weighted by atomic mass is 10.3. The number of halogens is 2. The molecule has 1 aromatic heterocycles. The van der Waals surface area contributed by atoms with E-state index in [1.807, 2.05) is 6.92 Å². The molecule has 106 valence electrons. The van der Waals surface area contributed by atoms with Crippen LogP contribution < -0.4 is 16.6 Å². The number of nitrogens with one attached hydrogen (secondary N) is 2. The molecule has 0 fully saturated rings. The Labute approximate surface area is 124 Å². The lowest BCUT2D eigenvalue weighted by Crippen LogP contribution is -2.11. The number of rotatable bonds is 5. The van der Waals surface area contributed by atoms with Crippen LogP contribution in [0.2, 0.25) is 0 Å². The van der Waals surface area contributed by atoms with Gasteiger partial charge in [-0.1, -0.05) is 22.9 Å². The molecule has 0 aliphatic heterocycles. The van der Waals surface area contributed by atoms with Crippen LogP contribution in [-0.4, -0.2) is 9.97 Å². The minimum Gasteiger partial charge on any atom is -0.338 e. The Morgan fingerprint density at radius 2 is 2.00 bits per heavy atom. The van der Waals surface area contributed by atoms with Crippen LogP contribution in [0.3, 0.4) is 0 Å². The molecule has 7 heteroatoms. The van der Waals surface area contributed by atoms with E-state index in [0.29, 0.717) is 27.6 Å². The summed E-state index contributed by atoms with van der Waals surface area (Å²) in [6.45, 7) is 2.04. The molecule has 2 rings (SSSR count). The number of hydrazine groups is 1. The molecule has 1 aromatic carbocycles. The van der Waals surface area contributed by atoms with Gasteiger partial charge in [0.15, 0.2) is 0 Å². The van der Waals surface area contributed by atoms with Crippen LogP contribution in [0.4, 0.5) is 21.7 Å². The Kier molecular flexibility index (Phi) is 4.86. The van der Waals surface area contributed by atoms with Crippen LogP contribution >= 0.6 is 15.9 Å². The maximum atomic E-state index is 13.8. The Morgan fingerprint density at radius 3 is 2.65 bits per heavy atom. The quantitative estimate of drug-likeness (QED) is 0.575. The maximum Gasteiger partial charge on any atom is 0.147 e. The van der Waals surface area contributed by atoms with E-state index in [9.17, 15) is 4.39 Å². The highest BCUT2D eigenvalue weighted by molar-refractivity contribution is 9.10. The predicted molar refractivity (Wildman–Crippen MR) is 81.2 cm³/mol. The van der Waals surface area contributed by atoms with Gasteiger partial charge in [-0.15, -0.1) is 0 Å². The average Bonchev–Trinajstić information content (AvgIpc) is 2.42. The first-order valence-corrected chi connectivity index (χ1v) is 6.98. The fraction of sp³-hybridized carbons (Fsp3) is 0.231. The van der Waals surface area contributed by atoms with E-state index < -0.39 is 0 Å². The van der Waals surface area contributed by atoms with E-state index in [0.717, 1.165) is 12.8 Å². The van der Waals surface area contributed by atoms with Crippen molar-refractivity contribution >= 4 is 33.3 Å². The maximum absolute atomic E-state index is 13.8. The average molecular weight is 340 g/mol. The molecule has 0 saturated heterocycles. The summed E-state index contributed by atoms with van der Waals surface area (Å²) in [5.41, 5.74) is 2.83. The van der Waals surface area contributed by atoms with E-state index in [2.05, 4.69) is 36.6 Å². The van der Waals surface area contributed by atoms with Crippen LogP contribution in [0.5, 0.6) is 0 Å². The van der Waals surface area contributed by atoms with E-state index >= 15 is 0 Å². The molecule has 0 unspecified atom stereocenters. The summed E-state index contributed by atoms with van der Waals surface area (Å²) in [5.74, 6) is 6.66. The van der Waals surface area contributed by atoms with E-state index in [1.54, 1.807) is 18.2 Å². The van der Waals surface area contributed by atoms with Crippen LogP contribution in [0, 0.1) is 5.82 Å². The number of aromatic nitrogens is 2. The van der Waals surface area contributed by atoms with Crippen molar-refractivity contribution in [3.8, 4) is 0 Å². The standard InChI is InChI=1S/C13H15BrFN5/c1-2-3-11-18-12(7-13(19-11)20-16)17-10-5-4-8(14)6-9(10)15/h4-7H,2-3,16H2,1H3,(H2,17,18,19,20). The van der Waals surface area contributed by atoms with Crippen molar-refractivity contribution in [1.82, 2.24) is 9.97 Å². The predicted octanol–water partition coefficient (Wildman–Crippen LogP) is 3.36. The fourth-order valence-corrected chi connectivity index (χ4v) is 2.03. The van der Waals surface area contributed by atoms with E-state index in [4.69, 9.17) is 5.84 Å². The Hall–Kier alpha value is -1.73. The molecule has 5 nitrogen and oxygen atoms in total. The first kappa shape index (κ1) is 14.7. The second-order valence-electron chi connectivity index (χ2n) is 4.20. The molecule has 0 radical (unpaired) electrons. The van der Waals surface area contributed by atoms with Gasteiger partial charge >= 0.3 is 0 Å². The van der Waals surface area contributed by atoms with Gasteiger partial charge in [-0.25, -0.2) is 20.2 Å². The summed E-state index contributed by atoms with van der Waals surface area (Å²) in [7, 11) is 0. The second kappa shape index (κ2) is 6.62. The summed E-state index contributed by atoms with van der Waals surface area (Å²) >= 11 is 3.22. The van der Waals surface area contributed by atoms with Crippen molar-refractivity contribution in [2.24, 2.45) is 5.84 Å². The van der Waals surface area contributed by atoms with Gasteiger partial charge in [0, 0.05) is 17.0 Å². The number of aryl methyl sites for hydroxylation is 1. The minimum absolute atomic E-state index is 0.345. The van der Waals surface area contributed by atoms with Gasteiger partial charge in [-0.05, 0) is 24.6 Å². The van der Waals surface area contributed by atoms with Crippen molar-refractivity contribution in [2.45, 2.75) is 19.8 Å².